The predicted molar refractivity (Wildman–Crippen MR) is 95.0 cm³/mol. The molecule has 0 saturated carbocycles. The highest BCUT2D eigenvalue weighted by Crippen LogP contribution is 2.38. The lowest BCUT2D eigenvalue weighted by atomic mass is 10.0. The zero-order valence-electron chi connectivity index (χ0n) is 14.9. The number of methoxy groups -OCH3 is 1. The van der Waals surface area contributed by atoms with Crippen LogP contribution >= 0.6 is 11.6 Å². The van der Waals surface area contributed by atoms with Crippen molar-refractivity contribution in [3.63, 3.8) is 0 Å². The lowest BCUT2D eigenvalue weighted by Crippen LogP contribution is -2.24. The van der Waals surface area contributed by atoms with Gasteiger partial charge in [-0.25, -0.2) is 4.98 Å². The minimum Gasteiger partial charge on any atom is -0.497 e. The van der Waals surface area contributed by atoms with Crippen LogP contribution in [0.25, 0.3) is 16.8 Å². The van der Waals surface area contributed by atoms with Crippen LogP contribution in [0.4, 0.5) is 26.3 Å². The van der Waals surface area contributed by atoms with E-state index < -0.39 is 40.8 Å². The Kier molecular flexibility index (Phi) is 5.59. The number of pyridine rings is 1. The van der Waals surface area contributed by atoms with E-state index in [0.717, 1.165) is 28.7 Å². The van der Waals surface area contributed by atoms with Crippen molar-refractivity contribution in [3.05, 3.63) is 57.6 Å². The number of aromatic nitrogens is 2. The molecule has 0 spiro atoms. The van der Waals surface area contributed by atoms with E-state index in [1.54, 1.807) is 0 Å². The third-order valence-electron chi connectivity index (χ3n) is 3.92. The molecule has 0 unspecified atom stereocenters. The molecule has 160 valence electrons. The fourth-order valence-corrected chi connectivity index (χ4v) is 2.91. The van der Waals surface area contributed by atoms with Crippen molar-refractivity contribution >= 4 is 17.2 Å². The summed E-state index contributed by atoms with van der Waals surface area (Å²) < 4.78 is 88.1. The summed E-state index contributed by atoms with van der Waals surface area (Å²) in [5.74, 6) is -0.139. The number of hydrogen-bond acceptors (Lipinski definition) is 4. The molecule has 0 amide bonds. The highest BCUT2D eigenvalue weighted by Gasteiger charge is 2.38. The Morgan fingerprint density at radius 2 is 1.77 bits per heavy atom. The molecule has 0 aliphatic rings. The summed E-state index contributed by atoms with van der Waals surface area (Å²) in [4.78, 5) is 16.4. The van der Waals surface area contributed by atoms with Crippen LogP contribution in [0.3, 0.4) is 0 Å². The van der Waals surface area contributed by atoms with Crippen molar-refractivity contribution in [2.45, 2.75) is 12.4 Å². The van der Waals surface area contributed by atoms with Crippen LogP contribution in [-0.4, -0.2) is 29.3 Å². The van der Waals surface area contributed by atoms with Gasteiger partial charge in [0, 0.05) is 17.8 Å². The molecule has 0 aliphatic carbocycles. The number of benzene rings is 1. The first-order chi connectivity index (χ1) is 13.9. The second-order valence-corrected chi connectivity index (χ2v) is 6.39. The zero-order chi connectivity index (χ0) is 22.3. The summed E-state index contributed by atoms with van der Waals surface area (Å²) in [7, 11) is 1.30. The molecule has 0 aliphatic heterocycles. The fourth-order valence-electron chi connectivity index (χ4n) is 2.65. The third-order valence-corrected chi connectivity index (χ3v) is 4.23. The number of nitrogens with zero attached hydrogens (tertiary/aromatic N) is 2. The summed E-state index contributed by atoms with van der Waals surface area (Å²) >= 11 is 5.98. The van der Waals surface area contributed by atoms with Gasteiger partial charge in [0.25, 0.3) is 5.56 Å². The number of alkyl halides is 6. The first kappa shape index (κ1) is 21.8. The van der Waals surface area contributed by atoms with Gasteiger partial charge in [0.05, 0.1) is 17.7 Å². The predicted octanol–water partition coefficient (Wildman–Crippen LogP) is 4.98. The Morgan fingerprint density at radius 1 is 1.07 bits per heavy atom. The summed E-state index contributed by atoms with van der Waals surface area (Å²) in [5, 5.41) is -0.410. The van der Waals surface area contributed by atoms with E-state index in [1.165, 1.54) is 19.4 Å². The van der Waals surface area contributed by atoms with Gasteiger partial charge in [-0.15, -0.1) is 0 Å². The quantitative estimate of drug-likeness (QED) is 0.524. The van der Waals surface area contributed by atoms with Gasteiger partial charge >= 0.3 is 12.4 Å². The van der Waals surface area contributed by atoms with E-state index >= 15 is 0 Å². The van der Waals surface area contributed by atoms with Crippen molar-refractivity contribution in [1.29, 1.82) is 0 Å². The second kappa shape index (κ2) is 7.71. The van der Waals surface area contributed by atoms with Crippen LogP contribution in [0.15, 0.2) is 41.3 Å². The molecule has 12 heteroatoms. The SMILES string of the molecule is COc1ccn2c(=O)c(-c3ccc(OCC(F)(F)F)cc3Cl)c(C(F)(F)F)nc2c1. The Labute approximate surface area is 169 Å². The average Bonchev–Trinajstić information content (AvgIpc) is 2.65. The monoisotopic (exact) mass is 452 g/mol. The largest absolute Gasteiger partial charge is 0.497 e. The molecule has 3 rings (SSSR count). The highest BCUT2D eigenvalue weighted by molar-refractivity contribution is 6.33. The van der Waals surface area contributed by atoms with Crippen LogP contribution in [0, 0.1) is 0 Å². The maximum atomic E-state index is 13.7. The van der Waals surface area contributed by atoms with Crippen molar-refractivity contribution in [3.8, 4) is 22.6 Å². The Balaban J connectivity index is 2.19. The van der Waals surface area contributed by atoms with Crippen LogP contribution in [0.1, 0.15) is 5.69 Å². The Bertz CT molecular complexity index is 1160. The number of halogens is 7. The van der Waals surface area contributed by atoms with Gasteiger partial charge in [0.2, 0.25) is 0 Å². The maximum absolute atomic E-state index is 13.7. The number of fused-ring (bicyclic) bond motifs is 1. The standard InChI is InChI=1S/C18H11ClF6N2O3/c1-29-9-4-5-27-13(7-9)26-15(18(23,24)25)14(16(27)28)11-3-2-10(6-12(11)19)30-8-17(20,21)22/h2-7H,8H2,1H3. The molecule has 0 fully saturated rings. The van der Waals surface area contributed by atoms with Crippen molar-refractivity contribution in [1.82, 2.24) is 9.38 Å². The average molecular weight is 453 g/mol. The minimum absolute atomic E-state index is 0.187. The van der Waals surface area contributed by atoms with Crippen molar-refractivity contribution < 1.29 is 35.8 Å². The molecule has 3 aromatic rings. The molecule has 30 heavy (non-hydrogen) atoms. The molecule has 0 radical (unpaired) electrons. The van der Waals surface area contributed by atoms with Gasteiger partial charge in [0.1, 0.15) is 17.1 Å². The van der Waals surface area contributed by atoms with Gasteiger partial charge in [-0.3, -0.25) is 9.20 Å². The third kappa shape index (κ3) is 4.45. The molecular formula is C18H11ClF6N2O3. The number of hydrogen-bond donors (Lipinski definition) is 0. The van der Waals surface area contributed by atoms with Gasteiger partial charge in [-0.1, -0.05) is 11.6 Å². The molecule has 2 heterocycles. The van der Waals surface area contributed by atoms with E-state index in [9.17, 15) is 31.1 Å². The van der Waals surface area contributed by atoms with E-state index in [2.05, 4.69) is 9.72 Å². The van der Waals surface area contributed by atoms with E-state index in [0.29, 0.717) is 0 Å². The van der Waals surface area contributed by atoms with Crippen LogP contribution in [0.2, 0.25) is 5.02 Å². The lowest BCUT2D eigenvalue weighted by Gasteiger charge is -2.15. The van der Waals surface area contributed by atoms with Gasteiger partial charge < -0.3 is 9.47 Å². The molecule has 0 saturated heterocycles. The first-order valence-electron chi connectivity index (χ1n) is 8.08. The second-order valence-electron chi connectivity index (χ2n) is 5.98. The summed E-state index contributed by atoms with van der Waals surface area (Å²) in [6.45, 7) is -1.61. The summed E-state index contributed by atoms with van der Waals surface area (Å²) in [5.41, 5.74) is -4.08. The molecule has 0 N–H and O–H groups in total. The number of rotatable bonds is 4. The van der Waals surface area contributed by atoms with Crippen LogP contribution < -0.4 is 15.0 Å². The van der Waals surface area contributed by atoms with E-state index in [1.807, 2.05) is 0 Å². The van der Waals surface area contributed by atoms with Gasteiger partial charge in [-0.05, 0) is 24.3 Å². The van der Waals surface area contributed by atoms with Gasteiger partial charge in [0.15, 0.2) is 12.3 Å². The highest BCUT2D eigenvalue weighted by atomic mass is 35.5. The fraction of sp³-hybridized carbons (Fsp3) is 0.222. The molecule has 1 aromatic carbocycles. The maximum Gasteiger partial charge on any atom is 0.434 e. The van der Waals surface area contributed by atoms with Crippen molar-refractivity contribution in [2.75, 3.05) is 13.7 Å². The molecule has 0 atom stereocenters. The smallest absolute Gasteiger partial charge is 0.434 e. The normalized spacial score (nSPS) is 12.3. The number of ether oxygens (including phenoxy) is 2. The molecule has 0 bridgehead atoms. The van der Waals surface area contributed by atoms with Crippen LogP contribution in [0.5, 0.6) is 11.5 Å². The summed E-state index contributed by atoms with van der Waals surface area (Å²) in [6, 6.07) is 5.34. The minimum atomic E-state index is -5.01. The van der Waals surface area contributed by atoms with E-state index in [4.69, 9.17) is 16.3 Å². The van der Waals surface area contributed by atoms with Crippen molar-refractivity contribution in [2.24, 2.45) is 0 Å². The molecule has 5 nitrogen and oxygen atoms in total. The van der Waals surface area contributed by atoms with E-state index in [-0.39, 0.29) is 22.7 Å². The topological polar surface area (TPSA) is 52.8 Å². The zero-order valence-corrected chi connectivity index (χ0v) is 15.7. The summed E-state index contributed by atoms with van der Waals surface area (Å²) in [6.07, 6.45) is -8.44. The Hall–Kier alpha value is -2.95. The lowest BCUT2D eigenvalue weighted by molar-refractivity contribution is -0.153. The molecule has 2 aromatic heterocycles. The van der Waals surface area contributed by atoms with Gasteiger partial charge in [-0.2, -0.15) is 26.3 Å². The first-order valence-corrected chi connectivity index (χ1v) is 8.45. The Morgan fingerprint density at radius 3 is 2.33 bits per heavy atom. The molecular weight excluding hydrogens is 442 g/mol. The van der Waals surface area contributed by atoms with Crippen LogP contribution in [-0.2, 0) is 6.18 Å².